The Balaban J connectivity index is 2.48. The van der Waals surface area contributed by atoms with Crippen LogP contribution in [0.2, 0.25) is 0 Å². The summed E-state index contributed by atoms with van der Waals surface area (Å²) in [4.78, 5) is 0. The summed E-state index contributed by atoms with van der Waals surface area (Å²) < 4.78 is 27.0. The molecule has 0 bridgehead atoms. The van der Waals surface area contributed by atoms with Gasteiger partial charge in [0.1, 0.15) is 11.6 Å². The first kappa shape index (κ1) is 13.7. The molecule has 0 saturated heterocycles. The molecule has 0 aliphatic rings. The van der Waals surface area contributed by atoms with E-state index in [0.717, 1.165) is 11.1 Å². The minimum Gasteiger partial charge on any atom is -0.330 e. The normalized spacial score (nSPS) is 12.4. The van der Waals surface area contributed by atoms with Crippen LogP contribution in [0.3, 0.4) is 0 Å². The van der Waals surface area contributed by atoms with E-state index >= 15 is 0 Å². The van der Waals surface area contributed by atoms with Crippen LogP contribution in [0.15, 0.2) is 42.5 Å². The lowest BCUT2D eigenvalue weighted by molar-refractivity contribution is 0.606. The van der Waals surface area contributed by atoms with Crippen molar-refractivity contribution in [1.29, 1.82) is 0 Å². The number of halogens is 2. The van der Waals surface area contributed by atoms with Crippen molar-refractivity contribution in [3.8, 4) is 0 Å². The number of hydrogen-bond donors (Lipinski definition) is 1. The lowest BCUT2D eigenvalue weighted by Gasteiger charge is -2.19. The van der Waals surface area contributed by atoms with Gasteiger partial charge in [-0.1, -0.05) is 24.3 Å². The van der Waals surface area contributed by atoms with Crippen LogP contribution in [-0.2, 0) is 0 Å². The summed E-state index contributed by atoms with van der Waals surface area (Å²) in [6.45, 7) is 2.21. The summed E-state index contributed by atoms with van der Waals surface area (Å²) in [6.07, 6.45) is 0.660. The highest BCUT2D eigenvalue weighted by Gasteiger charge is 2.17. The van der Waals surface area contributed by atoms with E-state index in [1.54, 1.807) is 19.1 Å². The van der Waals surface area contributed by atoms with Gasteiger partial charge in [0, 0.05) is 5.92 Å². The number of rotatable bonds is 4. The highest BCUT2D eigenvalue weighted by atomic mass is 19.1. The van der Waals surface area contributed by atoms with Crippen molar-refractivity contribution in [3.63, 3.8) is 0 Å². The van der Waals surface area contributed by atoms with Gasteiger partial charge in [0.25, 0.3) is 0 Å². The van der Waals surface area contributed by atoms with E-state index in [4.69, 9.17) is 5.73 Å². The zero-order valence-electron chi connectivity index (χ0n) is 10.9. The maximum atomic E-state index is 13.7. The second-order valence-electron chi connectivity index (χ2n) is 4.64. The van der Waals surface area contributed by atoms with Gasteiger partial charge in [-0.05, 0) is 54.8 Å². The molecule has 0 spiro atoms. The van der Waals surface area contributed by atoms with E-state index < -0.39 is 0 Å². The van der Waals surface area contributed by atoms with Gasteiger partial charge < -0.3 is 5.73 Å². The number of benzene rings is 2. The smallest absolute Gasteiger partial charge is 0.126 e. The molecule has 1 unspecified atom stereocenters. The molecule has 0 aromatic heterocycles. The minimum absolute atomic E-state index is 0.0728. The van der Waals surface area contributed by atoms with E-state index in [-0.39, 0.29) is 17.6 Å². The molecule has 3 heteroatoms. The maximum absolute atomic E-state index is 13.7. The average Bonchev–Trinajstić information content (AvgIpc) is 2.40. The molecule has 19 heavy (non-hydrogen) atoms. The van der Waals surface area contributed by atoms with Crippen molar-refractivity contribution in [2.45, 2.75) is 19.3 Å². The van der Waals surface area contributed by atoms with Crippen molar-refractivity contribution < 1.29 is 8.78 Å². The molecule has 1 nitrogen and oxygen atoms in total. The fourth-order valence-electron chi connectivity index (χ4n) is 2.39. The van der Waals surface area contributed by atoms with E-state index in [9.17, 15) is 8.78 Å². The molecule has 0 aliphatic carbocycles. The highest BCUT2D eigenvalue weighted by Crippen LogP contribution is 2.31. The monoisotopic (exact) mass is 261 g/mol. The molecule has 0 amide bonds. The van der Waals surface area contributed by atoms with Crippen molar-refractivity contribution in [2.75, 3.05) is 6.54 Å². The van der Waals surface area contributed by atoms with Crippen LogP contribution in [0.4, 0.5) is 8.78 Å². The molecule has 0 aliphatic heterocycles. The molecule has 0 saturated carbocycles. The van der Waals surface area contributed by atoms with Crippen molar-refractivity contribution in [2.24, 2.45) is 5.73 Å². The van der Waals surface area contributed by atoms with E-state index in [1.165, 1.54) is 18.2 Å². The lowest BCUT2D eigenvalue weighted by atomic mass is 9.86. The Hall–Kier alpha value is -1.74. The molecule has 2 aromatic carbocycles. The van der Waals surface area contributed by atoms with Crippen LogP contribution in [0, 0.1) is 18.6 Å². The van der Waals surface area contributed by atoms with Crippen molar-refractivity contribution in [1.82, 2.24) is 0 Å². The summed E-state index contributed by atoms with van der Waals surface area (Å²) in [6, 6.07) is 11.4. The summed E-state index contributed by atoms with van der Waals surface area (Å²) >= 11 is 0. The predicted octanol–water partition coefficient (Wildman–Crippen LogP) is 3.75. The second-order valence-corrected chi connectivity index (χ2v) is 4.64. The van der Waals surface area contributed by atoms with E-state index in [1.807, 2.05) is 12.1 Å². The van der Waals surface area contributed by atoms with Crippen LogP contribution in [0.1, 0.15) is 29.0 Å². The third-order valence-electron chi connectivity index (χ3n) is 3.39. The Bertz CT molecular complexity index is 566. The van der Waals surface area contributed by atoms with Crippen LogP contribution in [-0.4, -0.2) is 6.54 Å². The molecule has 1 atom stereocenters. The summed E-state index contributed by atoms with van der Waals surface area (Å²) in [5.74, 6) is -0.596. The van der Waals surface area contributed by atoms with Gasteiger partial charge >= 0.3 is 0 Å². The quantitative estimate of drug-likeness (QED) is 0.891. The summed E-state index contributed by atoms with van der Waals surface area (Å²) in [5.41, 5.74) is 7.95. The Morgan fingerprint density at radius 3 is 2.53 bits per heavy atom. The topological polar surface area (TPSA) is 26.0 Å². The first-order valence-electron chi connectivity index (χ1n) is 6.34. The van der Waals surface area contributed by atoms with Crippen LogP contribution in [0.5, 0.6) is 0 Å². The number of nitrogens with two attached hydrogens (primary N) is 1. The third-order valence-corrected chi connectivity index (χ3v) is 3.39. The first-order valence-corrected chi connectivity index (χ1v) is 6.34. The van der Waals surface area contributed by atoms with E-state index in [2.05, 4.69) is 0 Å². The van der Waals surface area contributed by atoms with Gasteiger partial charge in [-0.25, -0.2) is 8.78 Å². The SMILES string of the molecule is Cc1c(F)cccc1C(CCN)c1cccc(F)c1. The van der Waals surface area contributed by atoms with E-state index in [0.29, 0.717) is 18.5 Å². The van der Waals surface area contributed by atoms with Gasteiger partial charge in [-0.15, -0.1) is 0 Å². The molecular weight excluding hydrogens is 244 g/mol. The van der Waals surface area contributed by atoms with Crippen molar-refractivity contribution in [3.05, 3.63) is 70.8 Å². The molecule has 100 valence electrons. The molecule has 2 aromatic rings. The Morgan fingerprint density at radius 1 is 1.11 bits per heavy atom. The number of hydrogen-bond acceptors (Lipinski definition) is 1. The Morgan fingerprint density at radius 2 is 1.84 bits per heavy atom. The minimum atomic E-state index is -0.284. The van der Waals surface area contributed by atoms with Crippen molar-refractivity contribution >= 4 is 0 Å². The van der Waals surface area contributed by atoms with Gasteiger partial charge in [0.2, 0.25) is 0 Å². The molecule has 2 N–H and O–H groups in total. The maximum Gasteiger partial charge on any atom is 0.126 e. The zero-order chi connectivity index (χ0) is 13.8. The van der Waals surface area contributed by atoms with Gasteiger partial charge in [0.15, 0.2) is 0 Å². The van der Waals surface area contributed by atoms with Crippen LogP contribution in [0.25, 0.3) is 0 Å². The van der Waals surface area contributed by atoms with Gasteiger partial charge in [-0.3, -0.25) is 0 Å². The van der Waals surface area contributed by atoms with Gasteiger partial charge in [0.05, 0.1) is 0 Å². The van der Waals surface area contributed by atoms with Gasteiger partial charge in [-0.2, -0.15) is 0 Å². The summed E-state index contributed by atoms with van der Waals surface area (Å²) in [7, 11) is 0. The molecule has 0 radical (unpaired) electrons. The fraction of sp³-hybridized carbons (Fsp3) is 0.250. The Labute approximate surface area is 112 Å². The molecule has 0 heterocycles. The molecule has 0 fully saturated rings. The fourth-order valence-corrected chi connectivity index (χ4v) is 2.39. The Kier molecular flexibility index (Phi) is 4.27. The highest BCUT2D eigenvalue weighted by molar-refractivity contribution is 5.38. The average molecular weight is 261 g/mol. The van der Waals surface area contributed by atoms with Crippen LogP contribution < -0.4 is 5.73 Å². The second kappa shape index (κ2) is 5.93. The predicted molar refractivity (Wildman–Crippen MR) is 73.1 cm³/mol. The third kappa shape index (κ3) is 2.99. The largest absolute Gasteiger partial charge is 0.330 e. The summed E-state index contributed by atoms with van der Waals surface area (Å²) in [5, 5.41) is 0. The zero-order valence-corrected chi connectivity index (χ0v) is 10.9. The lowest BCUT2D eigenvalue weighted by Crippen LogP contribution is -2.11. The molecular formula is C16H17F2N. The first-order chi connectivity index (χ1) is 9.13. The van der Waals surface area contributed by atoms with Crippen LogP contribution >= 0.6 is 0 Å². The standard InChI is InChI=1S/C16H17F2N/c1-11-14(6-3-7-16(11)18)15(8-9-19)12-4-2-5-13(17)10-12/h2-7,10,15H,8-9,19H2,1H3. The molecule has 2 rings (SSSR count).